The number of nitrogens with zero attached hydrogens (tertiary/aromatic N) is 1. The molecule has 168 valence electrons. The Morgan fingerprint density at radius 2 is 1.88 bits per heavy atom. The third-order valence-corrected chi connectivity index (χ3v) is 5.57. The van der Waals surface area contributed by atoms with Crippen molar-refractivity contribution in [1.82, 2.24) is 10.2 Å². The summed E-state index contributed by atoms with van der Waals surface area (Å²) in [6.07, 6.45) is 0. The number of allylic oxidation sites excluding steroid dienone is 1. The van der Waals surface area contributed by atoms with Gasteiger partial charge in [0.05, 0.1) is 13.2 Å². The van der Waals surface area contributed by atoms with E-state index in [0.717, 1.165) is 11.3 Å². The number of benzene rings is 2. The van der Waals surface area contributed by atoms with Gasteiger partial charge in [-0.2, -0.15) is 0 Å². The molecule has 1 unspecified atom stereocenters. The first-order chi connectivity index (χ1) is 15.3. The lowest BCUT2D eigenvalue weighted by molar-refractivity contribution is -0.118. The van der Waals surface area contributed by atoms with Crippen molar-refractivity contribution in [2.45, 2.75) is 26.8 Å². The van der Waals surface area contributed by atoms with E-state index in [1.54, 1.807) is 31.2 Å². The van der Waals surface area contributed by atoms with Crippen LogP contribution in [0.25, 0.3) is 0 Å². The molecule has 1 aliphatic heterocycles. The Morgan fingerprint density at radius 3 is 2.50 bits per heavy atom. The highest BCUT2D eigenvalue weighted by Gasteiger charge is 2.32. The van der Waals surface area contributed by atoms with Gasteiger partial charge < -0.3 is 25.0 Å². The minimum absolute atomic E-state index is 0.0298. The number of amides is 1. The van der Waals surface area contributed by atoms with E-state index < -0.39 is 6.04 Å². The monoisotopic (exact) mass is 453 g/mol. The number of Topliss-reactive ketones (excluding diaryl/α,β-unsaturated/α-hetero) is 1. The van der Waals surface area contributed by atoms with Crippen molar-refractivity contribution in [3.63, 3.8) is 0 Å². The van der Waals surface area contributed by atoms with Crippen LogP contribution >= 0.6 is 12.2 Å². The summed E-state index contributed by atoms with van der Waals surface area (Å²) in [5.74, 6) is 0.579. The maximum absolute atomic E-state index is 12.4. The first-order valence-corrected chi connectivity index (χ1v) is 10.7. The van der Waals surface area contributed by atoms with Crippen LogP contribution in [-0.4, -0.2) is 42.0 Å². The number of ether oxygens (including phenoxy) is 2. The van der Waals surface area contributed by atoms with Crippen LogP contribution in [-0.2, 0) is 9.59 Å². The molecule has 1 aliphatic rings. The predicted molar refractivity (Wildman–Crippen MR) is 128 cm³/mol. The van der Waals surface area contributed by atoms with E-state index in [1.165, 1.54) is 7.11 Å². The lowest BCUT2D eigenvalue weighted by Gasteiger charge is -2.37. The number of carbonyl (C=O) groups excluding carboxylic acids is 2. The molecule has 0 fully saturated rings. The quantitative estimate of drug-likeness (QED) is 0.588. The molecular formula is C24H27N3O4S. The van der Waals surface area contributed by atoms with E-state index in [-0.39, 0.29) is 18.3 Å². The number of hydrogen-bond donors (Lipinski definition) is 2. The summed E-state index contributed by atoms with van der Waals surface area (Å²) in [6, 6.07) is 14.1. The minimum atomic E-state index is -0.396. The fourth-order valence-electron chi connectivity index (χ4n) is 3.71. The van der Waals surface area contributed by atoms with Gasteiger partial charge in [0.1, 0.15) is 0 Å². The van der Waals surface area contributed by atoms with E-state index in [0.29, 0.717) is 34.4 Å². The van der Waals surface area contributed by atoms with Crippen LogP contribution in [0.4, 0.5) is 5.69 Å². The molecule has 0 aromatic heterocycles. The van der Waals surface area contributed by atoms with Crippen LogP contribution in [0.5, 0.6) is 11.5 Å². The smallest absolute Gasteiger partial charge is 0.262 e. The lowest BCUT2D eigenvalue weighted by atomic mass is 9.92. The first kappa shape index (κ1) is 23.3. The van der Waals surface area contributed by atoms with E-state index in [2.05, 4.69) is 10.6 Å². The number of thiocarbonyl (C=S) groups is 1. The number of nitrogens with one attached hydrogen (secondary N) is 2. The van der Waals surface area contributed by atoms with Crippen molar-refractivity contribution >= 4 is 34.7 Å². The topological polar surface area (TPSA) is 79.9 Å². The molecule has 2 N–H and O–H groups in total. The fraction of sp³-hybridized carbons (Fsp3) is 0.292. The van der Waals surface area contributed by atoms with E-state index in [1.807, 2.05) is 43.0 Å². The number of ketones is 1. The number of carbonyl (C=O) groups is 2. The number of anilines is 1. The number of methoxy groups -OCH3 is 1. The molecule has 0 bridgehead atoms. The summed E-state index contributed by atoms with van der Waals surface area (Å²) in [4.78, 5) is 26.5. The van der Waals surface area contributed by atoms with E-state index in [9.17, 15) is 9.59 Å². The minimum Gasteiger partial charge on any atom is -0.493 e. The Morgan fingerprint density at radius 1 is 1.16 bits per heavy atom. The normalized spacial score (nSPS) is 15.8. The number of rotatable bonds is 8. The molecule has 0 aliphatic carbocycles. The Kier molecular flexibility index (Phi) is 7.48. The fourth-order valence-corrected chi connectivity index (χ4v) is 4.10. The average molecular weight is 454 g/mol. The van der Waals surface area contributed by atoms with Gasteiger partial charge in [-0.05, 0) is 62.8 Å². The van der Waals surface area contributed by atoms with E-state index in [4.69, 9.17) is 21.7 Å². The van der Waals surface area contributed by atoms with Crippen LogP contribution in [0, 0.1) is 0 Å². The van der Waals surface area contributed by atoms with Gasteiger partial charge in [-0.15, -0.1) is 0 Å². The molecule has 8 heteroatoms. The zero-order valence-corrected chi connectivity index (χ0v) is 19.4. The first-order valence-electron chi connectivity index (χ1n) is 10.3. The molecule has 0 spiro atoms. The van der Waals surface area contributed by atoms with Gasteiger partial charge >= 0.3 is 0 Å². The number of hydrogen-bond acceptors (Lipinski definition) is 5. The number of para-hydroxylation sites is 1. The van der Waals surface area contributed by atoms with Crippen LogP contribution in [0.15, 0.2) is 59.8 Å². The van der Waals surface area contributed by atoms with Crippen molar-refractivity contribution in [2.75, 3.05) is 25.6 Å². The van der Waals surface area contributed by atoms with Gasteiger partial charge in [0.2, 0.25) is 0 Å². The zero-order chi connectivity index (χ0) is 23.3. The molecule has 3 rings (SSSR count). The molecule has 2 aromatic carbocycles. The summed E-state index contributed by atoms with van der Waals surface area (Å²) >= 11 is 5.50. The second-order valence-corrected chi connectivity index (χ2v) is 7.68. The van der Waals surface area contributed by atoms with Gasteiger partial charge in [-0.25, -0.2) is 0 Å². The highest BCUT2D eigenvalue weighted by atomic mass is 32.1. The van der Waals surface area contributed by atoms with Crippen LogP contribution in [0.3, 0.4) is 0 Å². The van der Waals surface area contributed by atoms with Crippen molar-refractivity contribution in [3.8, 4) is 11.5 Å². The third-order valence-electron chi connectivity index (χ3n) is 5.23. The Balaban J connectivity index is 1.80. The molecule has 1 heterocycles. The standard InChI is InChI=1S/C24H27N3O4S/c1-5-27-15(2)22(16(3)28)23(26-24(27)32)17-11-12-19(20(13-17)30-4)31-14-21(29)25-18-9-7-6-8-10-18/h6-13,23H,5,14H2,1-4H3,(H,25,29)(H,26,32). The largest absolute Gasteiger partial charge is 0.493 e. The summed E-state index contributed by atoms with van der Waals surface area (Å²) < 4.78 is 11.2. The molecule has 7 nitrogen and oxygen atoms in total. The molecule has 1 amide bonds. The van der Waals surface area contributed by atoms with Gasteiger partial charge in [-0.1, -0.05) is 24.3 Å². The molecule has 0 saturated heterocycles. The van der Waals surface area contributed by atoms with Crippen molar-refractivity contribution in [1.29, 1.82) is 0 Å². The van der Waals surface area contributed by atoms with Crippen molar-refractivity contribution in [3.05, 3.63) is 65.4 Å². The molecular weight excluding hydrogens is 426 g/mol. The van der Waals surface area contributed by atoms with Gasteiger partial charge in [0.25, 0.3) is 5.91 Å². The molecule has 2 aromatic rings. The van der Waals surface area contributed by atoms with Crippen molar-refractivity contribution in [2.24, 2.45) is 0 Å². The van der Waals surface area contributed by atoms with Crippen molar-refractivity contribution < 1.29 is 19.1 Å². The summed E-state index contributed by atoms with van der Waals surface area (Å²) in [5, 5.41) is 6.60. The second-order valence-electron chi connectivity index (χ2n) is 7.30. The summed E-state index contributed by atoms with van der Waals surface area (Å²) in [6.45, 7) is 5.94. The molecule has 1 atom stereocenters. The summed E-state index contributed by atoms with van der Waals surface area (Å²) in [7, 11) is 1.53. The predicted octanol–water partition coefficient (Wildman–Crippen LogP) is 3.83. The second kappa shape index (κ2) is 10.3. The van der Waals surface area contributed by atoms with Gasteiger partial charge in [0, 0.05) is 23.5 Å². The Bertz CT molecular complexity index is 1050. The molecule has 0 saturated carbocycles. The maximum Gasteiger partial charge on any atom is 0.262 e. The van der Waals surface area contributed by atoms with Gasteiger partial charge in [-0.3, -0.25) is 9.59 Å². The van der Waals surface area contributed by atoms with Gasteiger partial charge in [0.15, 0.2) is 29.0 Å². The highest BCUT2D eigenvalue weighted by molar-refractivity contribution is 7.80. The van der Waals surface area contributed by atoms with E-state index >= 15 is 0 Å². The average Bonchev–Trinajstić information content (AvgIpc) is 2.77. The Labute approximate surface area is 193 Å². The maximum atomic E-state index is 12.4. The summed E-state index contributed by atoms with van der Waals surface area (Å²) in [5.41, 5.74) is 3.00. The van der Waals surface area contributed by atoms with Crippen LogP contribution in [0.1, 0.15) is 32.4 Å². The lowest BCUT2D eigenvalue weighted by Crippen LogP contribution is -2.47. The van der Waals surface area contributed by atoms with Crippen LogP contribution in [0.2, 0.25) is 0 Å². The molecule has 0 radical (unpaired) electrons. The Hall–Kier alpha value is -3.39. The molecule has 32 heavy (non-hydrogen) atoms. The SMILES string of the molecule is CCN1C(=S)NC(c2ccc(OCC(=O)Nc3ccccc3)c(OC)c2)C(C(C)=O)=C1C. The third kappa shape index (κ3) is 5.08. The highest BCUT2D eigenvalue weighted by Crippen LogP contribution is 2.36. The zero-order valence-electron chi connectivity index (χ0n) is 18.6. The van der Waals surface area contributed by atoms with Crippen LogP contribution < -0.4 is 20.1 Å².